The predicted molar refractivity (Wildman–Crippen MR) is 85.6 cm³/mol. The van der Waals surface area contributed by atoms with Crippen molar-refractivity contribution in [2.24, 2.45) is 5.92 Å². The third-order valence-electron chi connectivity index (χ3n) is 3.33. The summed E-state index contributed by atoms with van der Waals surface area (Å²) in [5, 5.41) is 14.1. The van der Waals surface area contributed by atoms with Gasteiger partial charge in [0.25, 0.3) is 0 Å². The van der Waals surface area contributed by atoms with Gasteiger partial charge in [-0.3, -0.25) is 9.20 Å². The van der Waals surface area contributed by atoms with Crippen molar-refractivity contribution in [3.05, 3.63) is 28.5 Å². The fourth-order valence-corrected chi connectivity index (χ4v) is 3.02. The summed E-state index contributed by atoms with van der Waals surface area (Å²) in [5.74, 6) is 0.127. The van der Waals surface area contributed by atoms with E-state index in [2.05, 4.69) is 10.3 Å². The molecule has 1 unspecified atom stereocenters. The molecule has 5 nitrogen and oxygen atoms in total. The Balaban J connectivity index is 1.96. The number of imidazole rings is 1. The highest BCUT2D eigenvalue weighted by atomic mass is 35.5. The molecule has 2 heterocycles. The number of aliphatic hydroxyl groups is 1. The molecular weight excluding hydrogens is 310 g/mol. The normalized spacial score (nSPS) is 13.1. The molecule has 1 atom stereocenters. The second kappa shape index (κ2) is 7.59. The minimum absolute atomic E-state index is 0.145. The van der Waals surface area contributed by atoms with Gasteiger partial charge >= 0.3 is 0 Å². The molecule has 2 rings (SSSR count). The van der Waals surface area contributed by atoms with Crippen LogP contribution in [0, 0.1) is 5.92 Å². The van der Waals surface area contributed by atoms with Crippen LogP contribution in [0.5, 0.6) is 0 Å². The molecule has 0 saturated carbocycles. The largest absolute Gasteiger partial charge is 0.396 e. The van der Waals surface area contributed by atoms with Crippen LogP contribution in [0.25, 0.3) is 11.0 Å². The van der Waals surface area contributed by atoms with Gasteiger partial charge in [-0.05, 0) is 18.4 Å². The van der Waals surface area contributed by atoms with Gasteiger partial charge in [0.2, 0.25) is 5.91 Å². The van der Waals surface area contributed by atoms with Gasteiger partial charge in [-0.15, -0.1) is 11.3 Å². The van der Waals surface area contributed by atoms with Crippen LogP contribution in [0.1, 0.15) is 25.5 Å². The highest BCUT2D eigenvalue weighted by molar-refractivity contribution is 7.15. The van der Waals surface area contributed by atoms with Gasteiger partial charge in [0.05, 0.1) is 5.69 Å². The lowest BCUT2D eigenvalue weighted by molar-refractivity contribution is -0.116. The number of aliphatic hydroxyl groups excluding tert-OH is 1. The zero-order valence-electron chi connectivity index (χ0n) is 11.8. The van der Waals surface area contributed by atoms with Crippen molar-refractivity contribution in [2.75, 3.05) is 13.2 Å². The van der Waals surface area contributed by atoms with Crippen LogP contribution >= 0.6 is 22.9 Å². The number of rotatable bonds is 7. The zero-order chi connectivity index (χ0) is 15.2. The molecule has 0 fully saturated rings. The van der Waals surface area contributed by atoms with Crippen molar-refractivity contribution in [2.45, 2.75) is 19.8 Å². The molecule has 2 aromatic rings. The van der Waals surface area contributed by atoms with Crippen LogP contribution in [-0.2, 0) is 4.79 Å². The number of fused-ring (bicyclic) bond motifs is 1. The Kier molecular flexibility index (Phi) is 5.78. The summed E-state index contributed by atoms with van der Waals surface area (Å²) in [6.07, 6.45) is 6.61. The van der Waals surface area contributed by atoms with Crippen molar-refractivity contribution in [3.63, 3.8) is 0 Å². The summed E-state index contributed by atoms with van der Waals surface area (Å²) in [6.45, 7) is 2.75. The number of nitrogens with zero attached hydrogens (tertiary/aromatic N) is 2. The second-order valence-corrected chi connectivity index (χ2v) is 5.94. The highest BCUT2D eigenvalue weighted by Crippen LogP contribution is 2.22. The van der Waals surface area contributed by atoms with Gasteiger partial charge < -0.3 is 10.4 Å². The molecule has 0 spiro atoms. The number of carbonyl (C=O) groups excluding carboxylic acids is 1. The standard InChI is InChI=1S/C14H18ClN3O2S/c1-2-10(5-7-19)9-16-12(20)4-3-11-13(15)17-14-18(11)6-8-21-14/h3-4,6,8,10,19H,2,5,7,9H2,1H3,(H,16,20)/b4-3+. The molecule has 2 aromatic heterocycles. The number of amides is 1. The summed E-state index contributed by atoms with van der Waals surface area (Å²) in [6, 6.07) is 0. The Morgan fingerprint density at radius 2 is 2.48 bits per heavy atom. The van der Waals surface area contributed by atoms with Crippen LogP contribution in [0.3, 0.4) is 0 Å². The summed E-state index contributed by atoms with van der Waals surface area (Å²) in [4.78, 5) is 16.8. The first-order chi connectivity index (χ1) is 10.2. The van der Waals surface area contributed by atoms with Crippen LogP contribution < -0.4 is 5.32 Å². The van der Waals surface area contributed by atoms with Crippen LogP contribution in [0.15, 0.2) is 17.7 Å². The van der Waals surface area contributed by atoms with Crippen molar-refractivity contribution in [1.29, 1.82) is 0 Å². The van der Waals surface area contributed by atoms with E-state index in [-0.39, 0.29) is 12.5 Å². The molecule has 0 aliphatic rings. The minimum atomic E-state index is -0.173. The van der Waals surface area contributed by atoms with E-state index in [0.29, 0.717) is 29.7 Å². The molecule has 0 aromatic carbocycles. The van der Waals surface area contributed by atoms with Crippen LogP contribution in [0.4, 0.5) is 0 Å². The topological polar surface area (TPSA) is 66.6 Å². The fraction of sp³-hybridized carbons (Fsp3) is 0.429. The second-order valence-electron chi connectivity index (χ2n) is 4.71. The van der Waals surface area contributed by atoms with Crippen molar-refractivity contribution < 1.29 is 9.90 Å². The average molecular weight is 328 g/mol. The predicted octanol–water partition coefficient (Wildman–Crippen LogP) is 2.59. The van der Waals surface area contributed by atoms with Crippen molar-refractivity contribution in [3.8, 4) is 0 Å². The van der Waals surface area contributed by atoms with E-state index in [1.807, 2.05) is 22.9 Å². The van der Waals surface area contributed by atoms with Crippen molar-refractivity contribution >= 4 is 39.9 Å². The maximum absolute atomic E-state index is 11.8. The summed E-state index contributed by atoms with van der Waals surface area (Å²) >= 11 is 7.54. The lowest BCUT2D eigenvalue weighted by Crippen LogP contribution is -2.28. The number of hydrogen-bond acceptors (Lipinski definition) is 4. The number of nitrogens with one attached hydrogen (secondary N) is 1. The molecule has 0 saturated heterocycles. The number of halogens is 1. The third kappa shape index (κ3) is 4.06. The van der Waals surface area contributed by atoms with E-state index in [0.717, 1.165) is 11.4 Å². The Morgan fingerprint density at radius 3 is 3.19 bits per heavy atom. The lowest BCUT2D eigenvalue weighted by Gasteiger charge is -2.13. The van der Waals surface area contributed by atoms with E-state index in [1.165, 1.54) is 17.4 Å². The zero-order valence-corrected chi connectivity index (χ0v) is 13.3. The monoisotopic (exact) mass is 327 g/mol. The number of thiazole rings is 1. The first-order valence-corrected chi connectivity index (χ1v) is 8.09. The first-order valence-electron chi connectivity index (χ1n) is 6.83. The Morgan fingerprint density at radius 1 is 1.67 bits per heavy atom. The molecule has 0 aliphatic heterocycles. The summed E-state index contributed by atoms with van der Waals surface area (Å²) < 4.78 is 1.84. The Hall–Kier alpha value is -1.37. The van der Waals surface area contributed by atoms with Gasteiger partial charge in [-0.2, -0.15) is 0 Å². The average Bonchev–Trinajstić information content (AvgIpc) is 3.02. The molecule has 7 heteroatoms. The minimum Gasteiger partial charge on any atom is -0.396 e. The molecule has 114 valence electrons. The first kappa shape index (κ1) is 16.0. The Bertz CT molecular complexity index is 635. The van der Waals surface area contributed by atoms with Gasteiger partial charge in [0.15, 0.2) is 10.1 Å². The molecular formula is C14H18ClN3O2S. The van der Waals surface area contributed by atoms with Gasteiger partial charge in [0.1, 0.15) is 0 Å². The van der Waals surface area contributed by atoms with E-state index in [1.54, 1.807) is 6.08 Å². The maximum Gasteiger partial charge on any atom is 0.244 e. The van der Waals surface area contributed by atoms with E-state index in [9.17, 15) is 4.79 Å². The molecule has 1 amide bonds. The van der Waals surface area contributed by atoms with E-state index >= 15 is 0 Å². The molecule has 21 heavy (non-hydrogen) atoms. The Labute approximate surface area is 132 Å². The maximum atomic E-state index is 11.8. The van der Waals surface area contributed by atoms with Gasteiger partial charge in [0, 0.05) is 30.8 Å². The lowest BCUT2D eigenvalue weighted by atomic mass is 10.0. The van der Waals surface area contributed by atoms with E-state index < -0.39 is 0 Å². The quantitative estimate of drug-likeness (QED) is 0.768. The molecule has 0 aliphatic carbocycles. The molecule has 0 radical (unpaired) electrons. The third-order valence-corrected chi connectivity index (χ3v) is 4.36. The summed E-state index contributed by atoms with van der Waals surface area (Å²) in [7, 11) is 0. The fourth-order valence-electron chi connectivity index (χ4n) is 2.02. The molecule has 2 N–H and O–H groups in total. The number of carbonyl (C=O) groups is 1. The van der Waals surface area contributed by atoms with Gasteiger partial charge in [-0.1, -0.05) is 24.9 Å². The number of hydrogen-bond donors (Lipinski definition) is 2. The van der Waals surface area contributed by atoms with Gasteiger partial charge in [-0.25, -0.2) is 4.98 Å². The summed E-state index contributed by atoms with van der Waals surface area (Å²) in [5.41, 5.74) is 0.700. The van der Waals surface area contributed by atoms with E-state index in [4.69, 9.17) is 16.7 Å². The van der Waals surface area contributed by atoms with Crippen LogP contribution in [-0.4, -0.2) is 33.6 Å². The highest BCUT2D eigenvalue weighted by Gasteiger charge is 2.09. The molecule has 0 bridgehead atoms. The smallest absolute Gasteiger partial charge is 0.244 e. The SMILES string of the molecule is CCC(CCO)CNC(=O)/C=C/c1c(Cl)nc2sccn12. The number of aromatic nitrogens is 2. The van der Waals surface area contributed by atoms with Crippen molar-refractivity contribution in [1.82, 2.24) is 14.7 Å². The van der Waals surface area contributed by atoms with Crippen LogP contribution in [0.2, 0.25) is 5.15 Å².